The molecule has 0 bridgehead atoms. The lowest BCUT2D eigenvalue weighted by atomic mass is 9.93. The molecule has 0 aromatic heterocycles. The monoisotopic (exact) mass is 212 g/mol. The van der Waals surface area contributed by atoms with Crippen LogP contribution in [0.25, 0.3) is 0 Å². The minimum Gasteiger partial charge on any atom is -0.508 e. The Morgan fingerprint density at radius 3 is 2.60 bits per heavy atom. The minimum absolute atomic E-state index is 0.120. The number of rotatable bonds is 3. The summed E-state index contributed by atoms with van der Waals surface area (Å²) in [6, 6.07) is 2.74. The predicted molar refractivity (Wildman–Crippen MR) is 53.5 cm³/mol. The van der Waals surface area contributed by atoms with Gasteiger partial charge in [-0.2, -0.15) is 0 Å². The van der Waals surface area contributed by atoms with Crippen LogP contribution in [0.1, 0.15) is 30.4 Å². The van der Waals surface area contributed by atoms with Crippen molar-refractivity contribution in [2.45, 2.75) is 26.2 Å². The van der Waals surface area contributed by atoms with E-state index >= 15 is 0 Å². The van der Waals surface area contributed by atoms with E-state index in [1.54, 1.807) is 6.92 Å². The summed E-state index contributed by atoms with van der Waals surface area (Å²) in [4.78, 5) is 10.9. The molecule has 0 saturated carbocycles. The number of hydrogen-bond acceptors (Lipinski definition) is 2. The van der Waals surface area contributed by atoms with Gasteiger partial charge in [0.2, 0.25) is 0 Å². The zero-order valence-corrected chi connectivity index (χ0v) is 8.62. The number of aliphatic carboxylic acids is 1. The number of aromatic hydroxyl groups is 1. The molecular formula is C11H13FO3. The van der Waals surface area contributed by atoms with Crippen molar-refractivity contribution in [1.82, 2.24) is 0 Å². The van der Waals surface area contributed by atoms with Crippen LogP contribution in [0.3, 0.4) is 0 Å². The van der Waals surface area contributed by atoms with E-state index in [0.717, 1.165) is 0 Å². The van der Waals surface area contributed by atoms with Gasteiger partial charge in [0.05, 0.1) is 5.92 Å². The van der Waals surface area contributed by atoms with Crippen LogP contribution in [0.2, 0.25) is 0 Å². The number of hydrogen-bond donors (Lipinski definition) is 2. The molecular weight excluding hydrogens is 199 g/mol. The fourth-order valence-corrected chi connectivity index (χ4v) is 1.53. The van der Waals surface area contributed by atoms with Crippen molar-refractivity contribution in [1.29, 1.82) is 0 Å². The van der Waals surface area contributed by atoms with Crippen LogP contribution in [0, 0.1) is 12.7 Å². The van der Waals surface area contributed by atoms with Crippen molar-refractivity contribution in [3.63, 3.8) is 0 Å². The molecule has 1 aromatic rings. The molecule has 0 radical (unpaired) electrons. The highest BCUT2D eigenvalue weighted by Gasteiger charge is 2.25. The summed E-state index contributed by atoms with van der Waals surface area (Å²) in [5.41, 5.74) is 0.215. The summed E-state index contributed by atoms with van der Waals surface area (Å²) in [5.74, 6) is -3.06. The zero-order chi connectivity index (χ0) is 11.6. The number of carbonyl (C=O) groups is 1. The summed E-state index contributed by atoms with van der Waals surface area (Å²) in [6.07, 6.45) is 0.239. The highest BCUT2D eigenvalue weighted by atomic mass is 19.1. The van der Waals surface area contributed by atoms with E-state index in [1.807, 2.05) is 0 Å². The Hall–Kier alpha value is -1.58. The van der Waals surface area contributed by atoms with Crippen LogP contribution >= 0.6 is 0 Å². The lowest BCUT2D eigenvalue weighted by molar-refractivity contribution is -0.139. The summed E-state index contributed by atoms with van der Waals surface area (Å²) in [7, 11) is 0. The second-order valence-corrected chi connectivity index (χ2v) is 3.43. The van der Waals surface area contributed by atoms with Gasteiger partial charge < -0.3 is 10.2 Å². The Balaban J connectivity index is 3.34. The quantitative estimate of drug-likeness (QED) is 0.808. The first-order valence-electron chi connectivity index (χ1n) is 4.69. The highest BCUT2D eigenvalue weighted by Crippen LogP contribution is 2.32. The second kappa shape index (κ2) is 4.29. The molecule has 4 heteroatoms. The molecule has 3 nitrogen and oxygen atoms in total. The van der Waals surface area contributed by atoms with Crippen LogP contribution in [0.4, 0.5) is 4.39 Å². The molecule has 15 heavy (non-hydrogen) atoms. The summed E-state index contributed by atoms with van der Waals surface area (Å²) in [5, 5.41) is 18.4. The molecule has 1 aromatic carbocycles. The number of carboxylic acids is 1. The molecule has 0 aliphatic rings. The number of benzene rings is 1. The molecule has 0 saturated heterocycles. The summed E-state index contributed by atoms with van der Waals surface area (Å²) in [6.45, 7) is 3.17. The lowest BCUT2D eigenvalue weighted by Gasteiger charge is -2.14. The van der Waals surface area contributed by atoms with Crippen molar-refractivity contribution >= 4 is 5.97 Å². The maximum absolute atomic E-state index is 13.6. The van der Waals surface area contributed by atoms with Gasteiger partial charge in [0.1, 0.15) is 11.6 Å². The number of aryl methyl sites for hydroxylation is 1. The number of phenolic OH excluding ortho intramolecular Hbond substituents is 1. The molecule has 0 spiro atoms. The van der Waals surface area contributed by atoms with Crippen LogP contribution in [0.15, 0.2) is 12.1 Å². The Bertz CT molecular complexity index is 388. The SMILES string of the molecule is CCC(C(=O)O)c1c(O)ccc(C)c1F. The topological polar surface area (TPSA) is 57.5 Å². The molecule has 1 unspecified atom stereocenters. The van der Waals surface area contributed by atoms with Gasteiger partial charge >= 0.3 is 5.97 Å². The van der Waals surface area contributed by atoms with Gasteiger partial charge in [-0.15, -0.1) is 0 Å². The normalized spacial score (nSPS) is 12.5. The molecule has 0 heterocycles. The van der Waals surface area contributed by atoms with Crippen molar-refractivity contribution in [3.05, 3.63) is 29.1 Å². The molecule has 0 fully saturated rings. The van der Waals surface area contributed by atoms with E-state index in [0.29, 0.717) is 5.56 Å². The van der Waals surface area contributed by atoms with E-state index in [-0.39, 0.29) is 17.7 Å². The largest absolute Gasteiger partial charge is 0.508 e. The smallest absolute Gasteiger partial charge is 0.311 e. The van der Waals surface area contributed by atoms with Gasteiger partial charge in [0, 0.05) is 5.56 Å². The maximum atomic E-state index is 13.6. The first-order chi connectivity index (χ1) is 6.99. The molecule has 1 atom stereocenters. The third-order valence-corrected chi connectivity index (χ3v) is 2.40. The standard InChI is InChI=1S/C11H13FO3/c1-3-7(11(14)15)9-8(13)5-4-6(2)10(9)12/h4-5,7,13H,3H2,1-2H3,(H,14,15). The molecule has 82 valence electrons. The van der Waals surface area contributed by atoms with Crippen LogP contribution < -0.4 is 0 Å². The third-order valence-electron chi connectivity index (χ3n) is 2.40. The summed E-state index contributed by atoms with van der Waals surface area (Å²) < 4.78 is 13.6. The molecule has 0 amide bonds. The Kier molecular flexibility index (Phi) is 3.29. The van der Waals surface area contributed by atoms with Gasteiger partial charge in [0.15, 0.2) is 0 Å². The van der Waals surface area contributed by atoms with Gasteiger partial charge in [-0.25, -0.2) is 4.39 Å². The predicted octanol–water partition coefficient (Wildman–Crippen LogP) is 2.42. The van der Waals surface area contributed by atoms with E-state index < -0.39 is 17.7 Å². The first-order valence-corrected chi connectivity index (χ1v) is 4.69. The van der Waals surface area contributed by atoms with E-state index in [1.165, 1.54) is 19.1 Å². The Morgan fingerprint density at radius 1 is 1.53 bits per heavy atom. The van der Waals surface area contributed by atoms with E-state index in [9.17, 15) is 14.3 Å². The van der Waals surface area contributed by atoms with Crippen molar-refractivity contribution in [3.8, 4) is 5.75 Å². The first kappa shape index (κ1) is 11.5. The van der Waals surface area contributed by atoms with Crippen molar-refractivity contribution in [2.24, 2.45) is 0 Å². The van der Waals surface area contributed by atoms with Gasteiger partial charge in [-0.3, -0.25) is 4.79 Å². The molecule has 0 aliphatic heterocycles. The average molecular weight is 212 g/mol. The lowest BCUT2D eigenvalue weighted by Crippen LogP contribution is -2.13. The molecule has 0 aliphatic carbocycles. The number of carboxylic acid groups (broad SMARTS) is 1. The van der Waals surface area contributed by atoms with Crippen LogP contribution in [-0.4, -0.2) is 16.2 Å². The second-order valence-electron chi connectivity index (χ2n) is 3.43. The van der Waals surface area contributed by atoms with Crippen molar-refractivity contribution < 1.29 is 19.4 Å². The van der Waals surface area contributed by atoms with Gasteiger partial charge in [0.25, 0.3) is 0 Å². The van der Waals surface area contributed by atoms with Crippen LogP contribution in [0.5, 0.6) is 5.75 Å². The Labute approximate surface area is 87.2 Å². The van der Waals surface area contributed by atoms with Gasteiger partial charge in [-0.05, 0) is 25.0 Å². The van der Waals surface area contributed by atoms with E-state index in [4.69, 9.17) is 5.11 Å². The maximum Gasteiger partial charge on any atom is 0.311 e. The number of halogens is 1. The zero-order valence-electron chi connectivity index (χ0n) is 8.62. The number of phenols is 1. The van der Waals surface area contributed by atoms with E-state index in [2.05, 4.69) is 0 Å². The average Bonchev–Trinajstić information content (AvgIpc) is 2.18. The van der Waals surface area contributed by atoms with Crippen molar-refractivity contribution in [2.75, 3.05) is 0 Å². The van der Waals surface area contributed by atoms with Crippen LogP contribution in [-0.2, 0) is 4.79 Å². The molecule has 2 N–H and O–H groups in total. The third kappa shape index (κ3) is 2.09. The fourth-order valence-electron chi connectivity index (χ4n) is 1.53. The minimum atomic E-state index is -1.13. The summed E-state index contributed by atoms with van der Waals surface area (Å²) >= 11 is 0. The highest BCUT2D eigenvalue weighted by molar-refractivity contribution is 5.77. The Morgan fingerprint density at radius 2 is 2.13 bits per heavy atom. The van der Waals surface area contributed by atoms with Gasteiger partial charge in [-0.1, -0.05) is 13.0 Å². The molecule has 1 rings (SSSR count). The fraction of sp³-hybridized carbons (Fsp3) is 0.364.